The van der Waals surface area contributed by atoms with Gasteiger partial charge in [-0.15, -0.1) is 11.3 Å². The first-order chi connectivity index (χ1) is 10.8. The molecule has 2 aromatic heterocycles. The maximum Gasteiger partial charge on any atom is 0.319 e. The molecular weight excluding hydrogens is 316 g/mol. The third-order valence-corrected chi connectivity index (χ3v) is 5.56. The lowest BCUT2D eigenvalue weighted by Gasteiger charge is -2.09. The number of carbonyl (C=O) groups excluding carboxylic acids is 1. The molecule has 22 heavy (non-hydrogen) atoms. The summed E-state index contributed by atoms with van der Waals surface area (Å²) in [7, 11) is 0. The van der Waals surface area contributed by atoms with Gasteiger partial charge in [0.05, 0.1) is 17.0 Å². The first-order valence-electron chi connectivity index (χ1n) is 6.95. The van der Waals surface area contributed by atoms with Crippen LogP contribution in [0.5, 0.6) is 0 Å². The van der Waals surface area contributed by atoms with E-state index in [9.17, 15) is 4.79 Å². The molecule has 4 rings (SSSR count). The number of hydrogen-bond acceptors (Lipinski definition) is 6. The van der Waals surface area contributed by atoms with Gasteiger partial charge in [-0.2, -0.15) is 0 Å². The number of benzene rings is 1. The minimum absolute atomic E-state index is 0.148. The van der Waals surface area contributed by atoms with Gasteiger partial charge in [0.25, 0.3) is 0 Å². The number of fused-ring (bicyclic) bond motifs is 1. The lowest BCUT2D eigenvalue weighted by atomic mass is 10.2. The van der Waals surface area contributed by atoms with Crippen molar-refractivity contribution in [1.29, 1.82) is 0 Å². The molecule has 1 aliphatic rings. The normalized spacial score (nSPS) is 17.8. The van der Waals surface area contributed by atoms with E-state index in [-0.39, 0.29) is 11.2 Å². The first-order valence-corrected chi connectivity index (χ1v) is 8.71. The highest BCUT2D eigenvalue weighted by molar-refractivity contribution is 8.00. The molecule has 1 atom stereocenters. The molecule has 0 N–H and O–H groups in total. The molecule has 0 amide bonds. The Labute approximate surface area is 135 Å². The highest BCUT2D eigenvalue weighted by Crippen LogP contribution is 2.34. The van der Waals surface area contributed by atoms with E-state index in [2.05, 4.69) is 4.98 Å². The van der Waals surface area contributed by atoms with E-state index in [1.54, 1.807) is 11.3 Å². The summed E-state index contributed by atoms with van der Waals surface area (Å²) < 4.78 is 5.05. The van der Waals surface area contributed by atoms with E-state index in [0.717, 1.165) is 27.2 Å². The number of nitrogens with zero attached hydrogens (tertiary/aromatic N) is 2. The van der Waals surface area contributed by atoms with Gasteiger partial charge in [0, 0.05) is 11.8 Å². The molecule has 1 aromatic carbocycles. The number of hydrogen-bond donors (Lipinski definition) is 0. The fourth-order valence-corrected chi connectivity index (χ4v) is 4.12. The number of aromatic nitrogens is 2. The predicted molar refractivity (Wildman–Crippen MR) is 88.1 cm³/mol. The van der Waals surface area contributed by atoms with Crippen LogP contribution in [0, 0.1) is 0 Å². The maximum atomic E-state index is 11.7. The minimum atomic E-state index is -0.172. The van der Waals surface area contributed by atoms with Gasteiger partial charge in [0.15, 0.2) is 5.82 Å². The van der Waals surface area contributed by atoms with Crippen LogP contribution in [0.1, 0.15) is 6.42 Å². The van der Waals surface area contributed by atoms with Crippen LogP contribution in [0.4, 0.5) is 0 Å². The van der Waals surface area contributed by atoms with Crippen molar-refractivity contribution >= 4 is 40.0 Å². The van der Waals surface area contributed by atoms with Gasteiger partial charge in [-0.25, -0.2) is 9.97 Å². The van der Waals surface area contributed by atoms with Gasteiger partial charge >= 0.3 is 5.97 Å². The van der Waals surface area contributed by atoms with E-state index < -0.39 is 0 Å². The van der Waals surface area contributed by atoms with Crippen molar-refractivity contribution in [3.63, 3.8) is 0 Å². The molecule has 4 nitrogen and oxygen atoms in total. The average molecular weight is 328 g/mol. The number of thiophene rings is 1. The van der Waals surface area contributed by atoms with Crippen molar-refractivity contribution in [1.82, 2.24) is 9.97 Å². The molecule has 0 saturated carbocycles. The van der Waals surface area contributed by atoms with Crippen molar-refractivity contribution < 1.29 is 9.53 Å². The highest BCUT2D eigenvalue weighted by atomic mass is 32.2. The minimum Gasteiger partial charge on any atom is -0.465 e. The summed E-state index contributed by atoms with van der Waals surface area (Å²) in [4.78, 5) is 22.1. The molecule has 110 valence electrons. The van der Waals surface area contributed by atoms with Gasteiger partial charge < -0.3 is 4.74 Å². The van der Waals surface area contributed by atoms with Crippen LogP contribution in [0.3, 0.4) is 0 Å². The van der Waals surface area contributed by atoms with Crippen LogP contribution in [0.25, 0.3) is 21.6 Å². The van der Waals surface area contributed by atoms with Crippen molar-refractivity contribution in [3.8, 4) is 10.7 Å². The number of carbonyl (C=O) groups is 1. The molecule has 3 heterocycles. The zero-order valence-electron chi connectivity index (χ0n) is 11.6. The summed E-state index contributed by atoms with van der Waals surface area (Å²) in [5.41, 5.74) is 0.898. The fourth-order valence-electron chi connectivity index (χ4n) is 2.37. The van der Waals surface area contributed by atoms with Crippen LogP contribution in [-0.4, -0.2) is 27.8 Å². The van der Waals surface area contributed by atoms with E-state index in [1.165, 1.54) is 11.8 Å². The number of thioether (sulfide) groups is 1. The Morgan fingerprint density at radius 3 is 2.86 bits per heavy atom. The Bertz CT molecular complexity index is 833. The number of para-hydroxylation sites is 1. The Hall–Kier alpha value is -1.92. The van der Waals surface area contributed by atoms with Crippen LogP contribution >= 0.6 is 23.1 Å². The van der Waals surface area contributed by atoms with Gasteiger partial charge in [-0.1, -0.05) is 36.0 Å². The summed E-state index contributed by atoms with van der Waals surface area (Å²) in [5.74, 6) is 0.563. The lowest BCUT2D eigenvalue weighted by Crippen LogP contribution is -2.10. The molecule has 0 spiro atoms. The second kappa shape index (κ2) is 5.70. The topological polar surface area (TPSA) is 52.1 Å². The first kappa shape index (κ1) is 13.7. The van der Waals surface area contributed by atoms with Gasteiger partial charge in [-0.05, 0) is 17.5 Å². The quantitative estimate of drug-likeness (QED) is 0.541. The number of cyclic esters (lactones) is 1. The molecule has 0 unspecified atom stereocenters. The number of rotatable bonds is 3. The third kappa shape index (κ3) is 2.48. The average Bonchev–Trinajstić information content (AvgIpc) is 3.20. The second-order valence-corrected chi connectivity index (χ2v) is 7.05. The van der Waals surface area contributed by atoms with Gasteiger partial charge in [0.1, 0.15) is 10.3 Å². The van der Waals surface area contributed by atoms with E-state index in [0.29, 0.717) is 12.4 Å². The second-order valence-electron chi connectivity index (χ2n) is 4.91. The molecule has 0 bridgehead atoms. The monoisotopic (exact) mass is 328 g/mol. The van der Waals surface area contributed by atoms with Crippen molar-refractivity contribution in [3.05, 3.63) is 41.8 Å². The zero-order chi connectivity index (χ0) is 14.9. The standard InChI is InChI=1S/C16H12N2O2S2/c19-16-13(7-8-20-16)22-15-10-4-1-2-5-11(10)17-14(18-15)12-6-3-9-21-12/h1-6,9,13H,7-8H2/t13-/m0/s1. The molecule has 1 aliphatic heterocycles. The summed E-state index contributed by atoms with van der Waals surface area (Å²) in [6.45, 7) is 0.497. The fraction of sp³-hybridized carbons (Fsp3) is 0.188. The summed E-state index contributed by atoms with van der Waals surface area (Å²) in [5, 5.41) is 3.66. The van der Waals surface area contributed by atoms with Crippen LogP contribution in [0.15, 0.2) is 46.8 Å². The Morgan fingerprint density at radius 1 is 1.18 bits per heavy atom. The Kier molecular flexibility index (Phi) is 3.56. The van der Waals surface area contributed by atoms with Crippen molar-refractivity contribution in [2.75, 3.05) is 6.61 Å². The Morgan fingerprint density at radius 2 is 2.09 bits per heavy atom. The molecule has 3 aromatic rings. The highest BCUT2D eigenvalue weighted by Gasteiger charge is 2.29. The predicted octanol–water partition coefficient (Wildman–Crippen LogP) is 3.77. The molecule has 1 fully saturated rings. The SMILES string of the molecule is O=C1OCC[C@@H]1Sc1nc(-c2cccs2)nc2ccccc12. The molecular formula is C16H12N2O2S2. The maximum absolute atomic E-state index is 11.7. The number of esters is 1. The van der Waals surface area contributed by atoms with E-state index in [1.807, 2.05) is 41.8 Å². The number of ether oxygens (including phenoxy) is 1. The van der Waals surface area contributed by atoms with Gasteiger partial charge in [0.2, 0.25) is 0 Å². The molecule has 0 aliphatic carbocycles. The lowest BCUT2D eigenvalue weighted by molar-refractivity contribution is -0.137. The summed E-state index contributed by atoms with van der Waals surface area (Å²) >= 11 is 3.09. The summed E-state index contributed by atoms with van der Waals surface area (Å²) in [6, 6.07) is 11.9. The van der Waals surface area contributed by atoms with Crippen molar-refractivity contribution in [2.45, 2.75) is 16.7 Å². The van der Waals surface area contributed by atoms with Crippen LogP contribution in [0.2, 0.25) is 0 Å². The third-order valence-electron chi connectivity index (χ3n) is 3.45. The van der Waals surface area contributed by atoms with Gasteiger partial charge in [-0.3, -0.25) is 4.79 Å². The zero-order valence-corrected chi connectivity index (χ0v) is 13.2. The summed E-state index contributed by atoms with van der Waals surface area (Å²) in [6.07, 6.45) is 0.732. The molecule has 1 saturated heterocycles. The molecule has 0 radical (unpaired) electrons. The Balaban J connectivity index is 1.82. The molecule has 6 heteroatoms. The van der Waals surface area contributed by atoms with Crippen molar-refractivity contribution in [2.24, 2.45) is 0 Å². The largest absolute Gasteiger partial charge is 0.465 e. The van der Waals surface area contributed by atoms with Crippen LogP contribution in [-0.2, 0) is 9.53 Å². The van der Waals surface area contributed by atoms with E-state index >= 15 is 0 Å². The van der Waals surface area contributed by atoms with E-state index in [4.69, 9.17) is 9.72 Å². The smallest absolute Gasteiger partial charge is 0.319 e. The van der Waals surface area contributed by atoms with Crippen LogP contribution < -0.4 is 0 Å².